The van der Waals surface area contributed by atoms with E-state index in [2.05, 4.69) is 135 Å². The summed E-state index contributed by atoms with van der Waals surface area (Å²) >= 11 is 0. The fraction of sp³-hybridized carbons (Fsp3) is 0.0588. The molecule has 3 aromatic heterocycles. The molecule has 11 rings (SSSR count). The molecule has 0 N–H and O–H groups in total. The van der Waals surface area contributed by atoms with E-state index in [-0.39, 0.29) is 5.41 Å². The highest BCUT2D eigenvalue weighted by molar-refractivity contribution is 6.20. The molecule has 0 aliphatic heterocycles. The fourth-order valence-electron chi connectivity index (χ4n) is 8.51. The molecular weight excluding hydrogens is 685 g/mol. The maximum atomic E-state index is 6.28. The molecule has 10 aromatic rings. The van der Waals surface area contributed by atoms with Crippen LogP contribution in [-0.4, -0.2) is 19.9 Å². The van der Waals surface area contributed by atoms with Crippen LogP contribution in [0.2, 0.25) is 0 Å². The summed E-state index contributed by atoms with van der Waals surface area (Å²) in [4.78, 5) is 20.3. The Labute approximate surface area is 324 Å². The average molecular weight is 719 g/mol. The van der Waals surface area contributed by atoms with Crippen molar-refractivity contribution in [3.63, 3.8) is 0 Å². The van der Waals surface area contributed by atoms with Crippen LogP contribution in [0, 0.1) is 0 Å². The minimum atomic E-state index is -0.128. The van der Waals surface area contributed by atoms with Gasteiger partial charge in [-0.2, -0.15) is 0 Å². The third kappa shape index (κ3) is 5.09. The lowest BCUT2D eigenvalue weighted by molar-refractivity contribution is 0.655. The molecule has 3 heterocycles. The largest absolute Gasteiger partial charge is 0.438 e. The molecule has 0 saturated carbocycles. The van der Waals surface area contributed by atoms with Gasteiger partial charge in [0.1, 0.15) is 5.58 Å². The van der Waals surface area contributed by atoms with Gasteiger partial charge in [-0.3, -0.25) is 0 Å². The van der Waals surface area contributed by atoms with Crippen molar-refractivity contribution >= 4 is 32.8 Å². The molecule has 5 heteroatoms. The lowest BCUT2D eigenvalue weighted by Gasteiger charge is -2.21. The Kier molecular flexibility index (Phi) is 7.13. The summed E-state index contributed by atoms with van der Waals surface area (Å²) in [6, 6.07) is 59.1. The van der Waals surface area contributed by atoms with Crippen LogP contribution in [0.3, 0.4) is 0 Å². The third-order valence-corrected chi connectivity index (χ3v) is 11.4. The molecule has 0 fully saturated rings. The van der Waals surface area contributed by atoms with E-state index in [1.54, 1.807) is 0 Å². The van der Waals surface area contributed by atoms with E-state index < -0.39 is 0 Å². The zero-order valence-corrected chi connectivity index (χ0v) is 30.9. The standard InChI is InChI=1S/C51H34N4O/c1-51(2)42-21-10-8-17-37(42)38-28-27-36(30-43(38)51)49-54-47(32-13-4-3-5-14-32)53-48(55-49)33-25-23-31(24-26-33)34-15-12-16-35(29-34)46-40-19-7-6-18-39(40)45-41-20-9-11-22-44(41)56-50(45)52-46/h3-30H,1-2H3. The minimum absolute atomic E-state index is 0.128. The van der Waals surface area contributed by atoms with Crippen molar-refractivity contribution in [1.29, 1.82) is 0 Å². The molecule has 1 aliphatic carbocycles. The van der Waals surface area contributed by atoms with Crippen molar-refractivity contribution in [1.82, 2.24) is 19.9 Å². The molecule has 0 unspecified atom stereocenters. The monoisotopic (exact) mass is 718 g/mol. The van der Waals surface area contributed by atoms with Crippen molar-refractivity contribution in [3.05, 3.63) is 181 Å². The van der Waals surface area contributed by atoms with E-state index in [1.807, 2.05) is 48.5 Å². The first-order chi connectivity index (χ1) is 27.5. The van der Waals surface area contributed by atoms with Gasteiger partial charge in [0.05, 0.1) is 11.1 Å². The minimum Gasteiger partial charge on any atom is -0.438 e. The van der Waals surface area contributed by atoms with Gasteiger partial charge < -0.3 is 4.42 Å². The number of rotatable bonds is 5. The maximum Gasteiger partial charge on any atom is 0.228 e. The first-order valence-electron chi connectivity index (χ1n) is 19.0. The number of hydrogen-bond donors (Lipinski definition) is 0. The van der Waals surface area contributed by atoms with Crippen molar-refractivity contribution < 1.29 is 4.42 Å². The van der Waals surface area contributed by atoms with Gasteiger partial charge in [0, 0.05) is 38.4 Å². The summed E-state index contributed by atoms with van der Waals surface area (Å²) in [6.45, 7) is 4.59. The van der Waals surface area contributed by atoms with Crippen molar-refractivity contribution in [3.8, 4) is 67.7 Å². The van der Waals surface area contributed by atoms with Crippen molar-refractivity contribution in [2.45, 2.75) is 19.3 Å². The van der Waals surface area contributed by atoms with Crippen molar-refractivity contribution in [2.24, 2.45) is 0 Å². The maximum absolute atomic E-state index is 6.28. The molecule has 0 amide bonds. The molecule has 0 radical (unpaired) electrons. The van der Waals surface area contributed by atoms with Crippen LogP contribution in [0.1, 0.15) is 25.0 Å². The van der Waals surface area contributed by atoms with Crippen LogP contribution < -0.4 is 0 Å². The Balaban J connectivity index is 0.981. The highest BCUT2D eigenvalue weighted by Gasteiger charge is 2.35. The Morgan fingerprint density at radius 1 is 0.393 bits per heavy atom. The Morgan fingerprint density at radius 2 is 0.964 bits per heavy atom. The molecule has 0 bridgehead atoms. The third-order valence-electron chi connectivity index (χ3n) is 11.4. The summed E-state index contributed by atoms with van der Waals surface area (Å²) in [5.41, 5.74) is 13.5. The van der Waals surface area contributed by atoms with Gasteiger partial charge in [-0.15, -0.1) is 0 Å². The smallest absolute Gasteiger partial charge is 0.228 e. The number of hydrogen-bond acceptors (Lipinski definition) is 5. The van der Waals surface area contributed by atoms with E-state index in [4.69, 9.17) is 24.4 Å². The zero-order chi connectivity index (χ0) is 37.4. The molecule has 7 aromatic carbocycles. The van der Waals surface area contributed by atoms with Crippen molar-refractivity contribution in [2.75, 3.05) is 0 Å². The average Bonchev–Trinajstić information content (AvgIpc) is 3.75. The summed E-state index contributed by atoms with van der Waals surface area (Å²) in [7, 11) is 0. The molecule has 264 valence electrons. The van der Waals surface area contributed by atoms with E-state index in [9.17, 15) is 0 Å². The van der Waals surface area contributed by atoms with E-state index in [0.717, 1.165) is 66.2 Å². The number of nitrogens with zero attached hydrogens (tertiary/aromatic N) is 4. The lowest BCUT2D eigenvalue weighted by Crippen LogP contribution is -2.15. The van der Waals surface area contributed by atoms with E-state index in [1.165, 1.54) is 22.3 Å². The fourth-order valence-corrected chi connectivity index (χ4v) is 8.51. The number of aromatic nitrogens is 4. The van der Waals surface area contributed by atoms with Gasteiger partial charge in [0.2, 0.25) is 5.71 Å². The molecule has 0 spiro atoms. The predicted molar refractivity (Wildman–Crippen MR) is 227 cm³/mol. The van der Waals surface area contributed by atoms with Gasteiger partial charge in [-0.25, -0.2) is 19.9 Å². The van der Waals surface area contributed by atoms with Gasteiger partial charge in [-0.05, 0) is 57.0 Å². The number of fused-ring (bicyclic) bond motifs is 8. The first kappa shape index (κ1) is 32.2. The number of pyridine rings is 1. The molecule has 0 atom stereocenters. The van der Waals surface area contributed by atoms with Crippen LogP contribution in [0.4, 0.5) is 0 Å². The normalized spacial score (nSPS) is 13.0. The van der Waals surface area contributed by atoms with Crippen LogP contribution >= 0.6 is 0 Å². The van der Waals surface area contributed by atoms with Crippen LogP contribution in [0.5, 0.6) is 0 Å². The number of para-hydroxylation sites is 1. The topological polar surface area (TPSA) is 64.7 Å². The molecular formula is C51H34N4O. The van der Waals surface area contributed by atoms with Crippen LogP contribution in [0.25, 0.3) is 101 Å². The second-order valence-corrected chi connectivity index (χ2v) is 15.0. The summed E-state index contributed by atoms with van der Waals surface area (Å²) in [5, 5.41) is 4.35. The lowest BCUT2D eigenvalue weighted by atomic mass is 9.82. The van der Waals surface area contributed by atoms with Gasteiger partial charge in [0.25, 0.3) is 0 Å². The SMILES string of the molecule is CC1(C)c2ccccc2-c2ccc(-c3nc(-c4ccccc4)nc(-c4ccc(-c5cccc(-c6nc7oc8ccccc8c7c7ccccc67)c5)cc4)n3)cc21. The van der Waals surface area contributed by atoms with Gasteiger partial charge >= 0.3 is 0 Å². The molecule has 56 heavy (non-hydrogen) atoms. The number of benzene rings is 7. The van der Waals surface area contributed by atoms with Gasteiger partial charge in [-0.1, -0.05) is 166 Å². The van der Waals surface area contributed by atoms with Gasteiger partial charge in [0.15, 0.2) is 17.5 Å². The number of furan rings is 1. The Hall–Kier alpha value is -7.24. The highest BCUT2D eigenvalue weighted by Crippen LogP contribution is 2.49. The quantitative estimate of drug-likeness (QED) is 0.177. The molecule has 5 nitrogen and oxygen atoms in total. The Bertz CT molecular complexity index is 3160. The Morgan fingerprint density at radius 3 is 1.77 bits per heavy atom. The predicted octanol–water partition coefficient (Wildman–Crippen LogP) is 13.0. The second-order valence-electron chi connectivity index (χ2n) is 15.0. The second kappa shape index (κ2) is 12.4. The highest BCUT2D eigenvalue weighted by atomic mass is 16.3. The molecule has 0 saturated heterocycles. The summed E-state index contributed by atoms with van der Waals surface area (Å²) in [6.07, 6.45) is 0. The zero-order valence-electron chi connectivity index (χ0n) is 30.9. The molecule has 1 aliphatic rings. The van der Waals surface area contributed by atoms with E-state index >= 15 is 0 Å². The summed E-state index contributed by atoms with van der Waals surface area (Å²) in [5.74, 6) is 1.93. The first-order valence-corrected chi connectivity index (χ1v) is 19.0. The van der Waals surface area contributed by atoms with Crippen LogP contribution in [-0.2, 0) is 5.41 Å². The summed E-state index contributed by atoms with van der Waals surface area (Å²) < 4.78 is 6.28. The van der Waals surface area contributed by atoms with Crippen LogP contribution in [0.15, 0.2) is 174 Å². The van der Waals surface area contributed by atoms with E-state index in [0.29, 0.717) is 23.2 Å².